The van der Waals surface area contributed by atoms with Gasteiger partial charge in [0.05, 0.1) is 4.88 Å². The number of aryl methyl sites for hydroxylation is 1. The molecule has 17 heavy (non-hydrogen) atoms. The normalized spacial score (nSPS) is 10.5. The molecule has 0 saturated carbocycles. The SMILES string of the molecule is Cc1ccsc1C(=O)Cc1ccc(F)cc1F. The van der Waals surface area contributed by atoms with Crippen LogP contribution in [0.5, 0.6) is 0 Å². The van der Waals surface area contributed by atoms with Gasteiger partial charge < -0.3 is 0 Å². The van der Waals surface area contributed by atoms with E-state index in [0.29, 0.717) is 4.88 Å². The summed E-state index contributed by atoms with van der Waals surface area (Å²) in [4.78, 5) is 12.5. The molecule has 1 nitrogen and oxygen atoms in total. The standard InChI is InChI=1S/C13H10F2OS/c1-8-4-5-17-13(8)12(16)6-9-2-3-10(14)7-11(9)15/h2-5,7H,6H2,1H3. The van der Waals surface area contributed by atoms with Crippen molar-refractivity contribution in [2.75, 3.05) is 0 Å². The third-order valence-electron chi connectivity index (χ3n) is 2.48. The zero-order chi connectivity index (χ0) is 12.4. The van der Waals surface area contributed by atoms with E-state index in [9.17, 15) is 13.6 Å². The highest BCUT2D eigenvalue weighted by Gasteiger charge is 2.14. The van der Waals surface area contributed by atoms with Gasteiger partial charge in [-0.1, -0.05) is 6.07 Å². The summed E-state index contributed by atoms with van der Waals surface area (Å²) in [5.74, 6) is -1.44. The largest absolute Gasteiger partial charge is 0.293 e. The number of hydrogen-bond donors (Lipinski definition) is 0. The van der Waals surface area contributed by atoms with Gasteiger partial charge in [0.2, 0.25) is 0 Å². The molecule has 0 spiro atoms. The lowest BCUT2D eigenvalue weighted by atomic mass is 10.1. The second-order valence-corrected chi connectivity index (χ2v) is 4.68. The molecular formula is C13H10F2OS. The molecule has 0 aliphatic carbocycles. The van der Waals surface area contributed by atoms with Gasteiger partial charge in [0, 0.05) is 12.5 Å². The van der Waals surface area contributed by atoms with Gasteiger partial charge in [-0.2, -0.15) is 0 Å². The second-order valence-electron chi connectivity index (χ2n) is 3.77. The predicted octanol–water partition coefficient (Wildman–Crippen LogP) is 3.76. The fourth-order valence-corrected chi connectivity index (χ4v) is 2.44. The number of benzene rings is 1. The summed E-state index contributed by atoms with van der Waals surface area (Å²) in [7, 11) is 0. The minimum atomic E-state index is -0.674. The number of carbonyl (C=O) groups is 1. The van der Waals surface area contributed by atoms with E-state index < -0.39 is 11.6 Å². The lowest BCUT2D eigenvalue weighted by Gasteiger charge is -2.02. The molecule has 0 N–H and O–H groups in total. The van der Waals surface area contributed by atoms with E-state index in [4.69, 9.17) is 0 Å². The Kier molecular flexibility index (Phi) is 3.33. The zero-order valence-corrected chi connectivity index (χ0v) is 9.98. The van der Waals surface area contributed by atoms with Crippen LogP contribution < -0.4 is 0 Å². The van der Waals surface area contributed by atoms with Crippen LogP contribution in [0.4, 0.5) is 8.78 Å². The highest BCUT2D eigenvalue weighted by atomic mass is 32.1. The van der Waals surface area contributed by atoms with Crippen molar-refractivity contribution in [3.8, 4) is 0 Å². The van der Waals surface area contributed by atoms with Gasteiger partial charge in [0.1, 0.15) is 11.6 Å². The van der Waals surface area contributed by atoms with Crippen LogP contribution in [-0.2, 0) is 6.42 Å². The Balaban J connectivity index is 2.22. The predicted molar refractivity (Wildman–Crippen MR) is 63.4 cm³/mol. The van der Waals surface area contributed by atoms with Gasteiger partial charge in [-0.3, -0.25) is 4.79 Å². The highest BCUT2D eigenvalue weighted by Crippen LogP contribution is 2.19. The van der Waals surface area contributed by atoms with Crippen LogP contribution in [-0.4, -0.2) is 5.78 Å². The van der Waals surface area contributed by atoms with E-state index in [-0.39, 0.29) is 17.8 Å². The number of hydrogen-bond acceptors (Lipinski definition) is 2. The Morgan fingerprint density at radius 3 is 2.65 bits per heavy atom. The summed E-state index contributed by atoms with van der Waals surface area (Å²) in [6, 6.07) is 5.11. The average molecular weight is 252 g/mol. The molecule has 1 heterocycles. The Morgan fingerprint density at radius 1 is 1.29 bits per heavy atom. The van der Waals surface area contributed by atoms with Crippen molar-refractivity contribution in [3.63, 3.8) is 0 Å². The van der Waals surface area contributed by atoms with Crippen LogP contribution in [0.25, 0.3) is 0 Å². The van der Waals surface area contributed by atoms with Crippen LogP contribution in [0.1, 0.15) is 20.8 Å². The van der Waals surface area contributed by atoms with Gasteiger partial charge in [-0.25, -0.2) is 8.78 Å². The van der Waals surface area contributed by atoms with Gasteiger partial charge in [-0.05, 0) is 35.6 Å². The summed E-state index contributed by atoms with van der Waals surface area (Å²) in [5.41, 5.74) is 1.12. The summed E-state index contributed by atoms with van der Waals surface area (Å²) in [6.07, 6.45) is -0.0343. The van der Waals surface area contributed by atoms with E-state index in [2.05, 4.69) is 0 Å². The van der Waals surface area contributed by atoms with Crippen molar-refractivity contribution in [2.45, 2.75) is 13.3 Å². The Hall–Kier alpha value is -1.55. The molecule has 4 heteroatoms. The Bertz CT molecular complexity index is 560. The molecule has 88 valence electrons. The number of rotatable bonds is 3. The maximum Gasteiger partial charge on any atom is 0.177 e. The smallest absolute Gasteiger partial charge is 0.177 e. The first kappa shape index (κ1) is 11.9. The minimum absolute atomic E-state index is 0.0343. The summed E-state index contributed by atoms with van der Waals surface area (Å²) >= 11 is 1.34. The topological polar surface area (TPSA) is 17.1 Å². The van der Waals surface area contributed by atoms with Gasteiger partial charge in [0.25, 0.3) is 0 Å². The molecule has 0 saturated heterocycles. The van der Waals surface area contributed by atoms with E-state index >= 15 is 0 Å². The first-order valence-corrected chi connectivity index (χ1v) is 5.97. The van der Waals surface area contributed by atoms with Gasteiger partial charge >= 0.3 is 0 Å². The zero-order valence-electron chi connectivity index (χ0n) is 9.17. The molecule has 0 amide bonds. The quantitative estimate of drug-likeness (QED) is 0.760. The van der Waals surface area contributed by atoms with E-state index in [1.54, 1.807) is 0 Å². The summed E-state index contributed by atoms with van der Waals surface area (Å²) < 4.78 is 26.1. The Labute approximate surface area is 102 Å². The Morgan fingerprint density at radius 2 is 2.06 bits per heavy atom. The molecule has 0 fully saturated rings. The molecule has 1 aromatic carbocycles. The van der Waals surface area contributed by atoms with Crippen LogP contribution in [0.3, 0.4) is 0 Å². The molecule has 0 aliphatic rings. The van der Waals surface area contributed by atoms with Crippen molar-refractivity contribution in [1.82, 2.24) is 0 Å². The van der Waals surface area contributed by atoms with Crippen LogP contribution in [0.2, 0.25) is 0 Å². The number of Topliss-reactive ketones (excluding diaryl/α,β-unsaturated/α-hetero) is 1. The van der Waals surface area contributed by atoms with Gasteiger partial charge in [-0.15, -0.1) is 11.3 Å². The lowest BCUT2D eigenvalue weighted by Crippen LogP contribution is -2.04. The first-order chi connectivity index (χ1) is 8.08. The minimum Gasteiger partial charge on any atom is -0.293 e. The number of halogens is 2. The maximum absolute atomic E-state index is 13.4. The molecule has 0 aliphatic heterocycles. The number of carbonyl (C=O) groups excluding carboxylic acids is 1. The van der Waals surface area contributed by atoms with Crippen molar-refractivity contribution in [1.29, 1.82) is 0 Å². The molecule has 2 rings (SSSR count). The van der Waals surface area contributed by atoms with Crippen molar-refractivity contribution >= 4 is 17.1 Å². The lowest BCUT2D eigenvalue weighted by molar-refractivity contribution is 0.0995. The fraction of sp³-hybridized carbons (Fsp3) is 0.154. The summed E-state index contributed by atoms with van der Waals surface area (Å²) in [5, 5.41) is 1.82. The second kappa shape index (κ2) is 4.75. The third kappa shape index (κ3) is 2.58. The average Bonchev–Trinajstić information content (AvgIpc) is 2.68. The van der Waals surface area contributed by atoms with Crippen LogP contribution >= 0.6 is 11.3 Å². The first-order valence-electron chi connectivity index (χ1n) is 5.09. The van der Waals surface area contributed by atoms with E-state index in [1.807, 2.05) is 18.4 Å². The molecular weight excluding hydrogens is 242 g/mol. The number of thiophene rings is 1. The van der Waals surface area contributed by atoms with E-state index in [1.165, 1.54) is 17.4 Å². The molecule has 0 atom stereocenters. The van der Waals surface area contributed by atoms with Crippen molar-refractivity contribution in [3.05, 3.63) is 57.3 Å². The maximum atomic E-state index is 13.4. The highest BCUT2D eigenvalue weighted by molar-refractivity contribution is 7.12. The van der Waals surface area contributed by atoms with Crippen LogP contribution in [0.15, 0.2) is 29.6 Å². The summed E-state index contributed by atoms with van der Waals surface area (Å²) in [6.45, 7) is 1.84. The van der Waals surface area contributed by atoms with Crippen molar-refractivity contribution in [2.24, 2.45) is 0 Å². The molecule has 0 unspecified atom stereocenters. The fourth-order valence-electron chi connectivity index (χ4n) is 1.58. The molecule has 0 bridgehead atoms. The molecule has 2 aromatic rings. The van der Waals surface area contributed by atoms with Crippen molar-refractivity contribution < 1.29 is 13.6 Å². The monoisotopic (exact) mass is 252 g/mol. The van der Waals surface area contributed by atoms with E-state index in [0.717, 1.165) is 17.7 Å². The number of ketones is 1. The van der Waals surface area contributed by atoms with Gasteiger partial charge in [0.15, 0.2) is 5.78 Å². The third-order valence-corrected chi connectivity index (χ3v) is 3.54. The van der Waals surface area contributed by atoms with Crippen LogP contribution in [0, 0.1) is 18.6 Å². The molecule has 1 aromatic heterocycles. The molecule has 0 radical (unpaired) electrons.